The van der Waals surface area contributed by atoms with E-state index in [2.05, 4.69) is 20.3 Å². The molecule has 0 fully saturated rings. The largest absolute Gasteiger partial charge is 0.370 e. The minimum atomic E-state index is -3.28. The highest BCUT2D eigenvalue weighted by atomic mass is 35.5. The zero-order valence-electron chi connectivity index (χ0n) is 23.5. The highest BCUT2D eigenvalue weighted by Crippen LogP contribution is 2.28. The number of nitrogens with zero attached hydrogens (tertiary/aromatic N) is 2. The number of sulfonamides is 1. The third-order valence-electron chi connectivity index (χ3n) is 5.65. The summed E-state index contributed by atoms with van der Waals surface area (Å²) in [7, 11) is -1.73. The van der Waals surface area contributed by atoms with Gasteiger partial charge in [0, 0.05) is 43.5 Å². The molecule has 0 atom stereocenters. The van der Waals surface area contributed by atoms with Crippen molar-refractivity contribution in [3.63, 3.8) is 0 Å². The molecule has 0 aromatic heterocycles. The van der Waals surface area contributed by atoms with E-state index < -0.39 is 27.1 Å². The number of carbonyl (C=O) groups excluding carboxylic acids is 2. The third kappa shape index (κ3) is 9.92. The van der Waals surface area contributed by atoms with E-state index >= 15 is 0 Å². The van der Waals surface area contributed by atoms with Crippen LogP contribution in [-0.2, 0) is 24.3 Å². The first-order valence-electron chi connectivity index (χ1n) is 12.4. The Kier molecular flexibility index (Phi) is 11.5. The Morgan fingerprint density at radius 2 is 1.82 bits per heavy atom. The number of anilines is 3. The van der Waals surface area contributed by atoms with Crippen LogP contribution in [0.2, 0.25) is 5.02 Å². The maximum absolute atomic E-state index is 13.4. The molecular formula is C27H38ClN5O5S. The second kappa shape index (κ2) is 13.9. The molecule has 0 radical (unpaired) electrons. The summed E-state index contributed by atoms with van der Waals surface area (Å²) in [6, 6.07) is 10.5. The number of carbonyl (C=O) groups is 2. The monoisotopic (exact) mass is 579 g/mol. The SMILES string of the molecule is CCN(CCNS(C)(=O)=O)c1ccc(N=C(C(=O)Nc2cc(NCOC)ccc2Cl)C(=O)C(C)(C)C)c(C)c1. The standard InChI is InChI=1S/C27H38ClN5O5S/c1-8-33(14-13-30-39(7,36)37)20-10-12-22(18(2)15-20)31-24(25(34)27(3,4)5)26(35)32-23-16-19(29-17-38-6)9-11-21(23)28/h9-12,15-16,29-30H,8,13-14,17H2,1-7H3,(H,32,35). The van der Waals surface area contributed by atoms with Crippen LogP contribution in [0.5, 0.6) is 0 Å². The van der Waals surface area contributed by atoms with Crippen LogP contribution >= 0.6 is 11.6 Å². The summed E-state index contributed by atoms with van der Waals surface area (Å²) < 4.78 is 30.3. The van der Waals surface area contributed by atoms with Gasteiger partial charge in [0.05, 0.1) is 22.7 Å². The number of likely N-dealkylation sites (N-methyl/N-ethyl adjacent to an activating group) is 1. The summed E-state index contributed by atoms with van der Waals surface area (Å²) in [6.07, 6.45) is 1.12. The molecule has 3 N–H and O–H groups in total. The predicted molar refractivity (Wildman–Crippen MR) is 159 cm³/mol. The lowest BCUT2D eigenvalue weighted by Crippen LogP contribution is -2.37. The number of methoxy groups -OCH3 is 1. The summed E-state index contributed by atoms with van der Waals surface area (Å²) in [6.45, 7) is 10.6. The van der Waals surface area contributed by atoms with Gasteiger partial charge in [-0.05, 0) is 55.8 Å². The summed E-state index contributed by atoms with van der Waals surface area (Å²) in [5, 5.41) is 6.06. The van der Waals surface area contributed by atoms with Crippen molar-refractivity contribution in [1.29, 1.82) is 0 Å². The van der Waals surface area contributed by atoms with Gasteiger partial charge in [0.1, 0.15) is 6.73 Å². The highest BCUT2D eigenvalue weighted by Gasteiger charge is 2.31. The molecule has 0 aliphatic rings. The predicted octanol–water partition coefficient (Wildman–Crippen LogP) is 4.37. The number of benzene rings is 2. The van der Waals surface area contributed by atoms with Gasteiger partial charge >= 0.3 is 0 Å². The molecule has 39 heavy (non-hydrogen) atoms. The zero-order chi connectivity index (χ0) is 29.4. The molecule has 10 nitrogen and oxygen atoms in total. The van der Waals surface area contributed by atoms with Crippen LogP contribution in [0, 0.1) is 12.3 Å². The minimum absolute atomic E-state index is 0.241. The number of ketones is 1. The van der Waals surface area contributed by atoms with Gasteiger partial charge in [-0.2, -0.15) is 0 Å². The average Bonchev–Trinajstić information content (AvgIpc) is 2.84. The number of rotatable bonds is 13. The van der Waals surface area contributed by atoms with Gasteiger partial charge < -0.3 is 20.3 Å². The molecule has 214 valence electrons. The molecule has 0 spiro atoms. The van der Waals surface area contributed by atoms with Crippen LogP contribution in [0.3, 0.4) is 0 Å². The van der Waals surface area contributed by atoms with Gasteiger partial charge in [-0.3, -0.25) is 9.59 Å². The summed E-state index contributed by atoms with van der Waals surface area (Å²) in [4.78, 5) is 33.2. The molecule has 0 saturated heterocycles. The van der Waals surface area contributed by atoms with Crippen molar-refractivity contribution in [3.05, 3.63) is 47.0 Å². The van der Waals surface area contributed by atoms with Crippen molar-refractivity contribution >= 4 is 61.8 Å². The molecule has 0 unspecified atom stereocenters. The highest BCUT2D eigenvalue weighted by molar-refractivity contribution is 7.88. The Hall–Kier alpha value is -2.99. The lowest BCUT2D eigenvalue weighted by molar-refractivity contribution is -0.121. The van der Waals surface area contributed by atoms with Crippen molar-refractivity contribution in [3.8, 4) is 0 Å². The normalized spacial score (nSPS) is 12.3. The smallest absolute Gasteiger partial charge is 0.278 e. The van der Waals surface area contributed by atoms with E-state index in [0.717, 1.165) is 17.5 Å². The van der Waals surface area contributed by atoms with E-state index in [9.17, 15) is 18.0 Å². The van der Waals surface area contributed by atoms with E-state index in [-0.39, 0.29) is 19.0 Å². The van der Waals surface area contributed by atoms with Crippen molar-refractivity contribution in [1.82, 2.24) is 4.72 Å². The first-order chi connectivity index (χ1) is 18.2. The third-order valence-corrected chi connectivity index (χ3v) is 6.71. The summed E-state index contributed by atoms with van der Waals surface area (Å²) in [5.41, 5.74) is 1.98. The fourth-order valence-electron chi connectivity index (χ4n) is 3.55. The van der Waals surface area contributed by atoms with Crippen LogP contribution in [0.25, 0.3) is 0 Å². The topological polar surface area (TPSA) is 129 Å². The Morgan fingerprint density at radius 1 is 1.13 bits per heavy atom. The quantitative estimate of drug-likeness (QED) is 0.183. The van der Waals surface area contributed by atoms with Gasteiger partial charge in [-0.1, -0.05) is 32.4 Å². The molecule has 12 heteroatoms. The minimum Gasteiger partial charge on any atom is -0.370 e. The summed E-state index contributed by atoms with van der Waals surface area (Å²) in [5.74, 6) is -1.10. The first kappa shape index (κ1) is 32.2. The van der Waals surface area contributed by atoms with E-state index in [4.69, 9.17) is 16.3 Å². The Labute approximate surface area is 236 Å². The van der Waals surface area contributed by atoms with E-state index in [1.165, 1.54) is 0 Å². The first-order valence-corrected chi connectivity index (χ1v) is 14.7. The lowest BCUT2D eigenvalue weighted by Gasteiger charge is -2.24. The zero-order valence-corrected chi connectivity index (χ0v) is 25.1. The Bertz CT molecular complexity index is 1320. The van der Waals surface area contributed by atoms with Crippen LogP contribution in [0.4, 0.5) is 22.7 Å². The molecule has 1 amide bonds. The molecule has 0 bridgehead atoms. The van der Waals surface area contributed by atoms with Gasteiger partial charge in [0.25, 0.3) is 5.91 Å². The maximum Gasteiger partial charge on any atom is 0.278 e. The number of Topliss-reactive ketones (excluding diaryl/α,β-unsaturated/α-hetero) is 1. The number of ether oxygens (including phenoxy) is 1. The number of amides is 1. The molecular weight excluding hydrogens is 542 g/mol. The summed E-state index contributed by atoms with van der Waals surface area (Å²) >= 11 is 6.31. The molecule has 0 heterocycles. The van der Waals surface area contributed by atoms with Crippen molar-refractivity contribution in [2.24, 2.45) is 10.4 Å². The number of aliphatic imine (C=N–C) groups is 1. The van der Waals surface area contributed by atoms with Gasteiger partial charge in [-0.15, -0.1) is 0 Å². The van der Waals surface area contributed by atoms with Gasteiger partial charge in [0.2, 0.25) is 10.0 Å². The Balaban J connectivity index is 2.39. The van der Waals surface area contributed by atoms with Crippen LogP contribution in [0.15, 0.2) is 41.4 Å². The number of hydrogen-bond donors (Lipinski definition) is 3. The van der Waals surface area contributed by atoms with Gasteiger partial charge in [-0.25, -0.2) is 18.1 Å². The average molecular weight is 580 g/mol. The second-order valence-corrected chi connectivity index (χ2v) is 12.3. The van der Waals surface area contributed by atoms with Crippen molar-refractivity contribution in [2.45, 2.75) is 34.6 Å². The molecule has 2 aromatic rings. The number of aryl methyl sites for hydroxylation is 1. The number of halogens is 1. The van der Waals surface area contributed by atoms with E-state index in [1.54, 1.807) is 52.1 Å². The number of nitrogens with one attached hydrogen (secondary N) is 3. The maximum atomic E-state index is 13.4. The van der Waals surface area contributed by atoms with E-state index in [1.807, 2.05) is 30.9 Å². The van der Waals surface area contributed by atoms with E-state index in [0.29, 0.717) is 35.2 Å². The second-order valence-electron chi connectivity index (χ2n) is 10.0. The molecule has 0 saturated carbocycles. The lowest BCUT2D eigenvalue weighted by atomic mass is 9.87. The van der Waals surface area contributed by atoms with Crippen LogP contribution < -0.4 is 20.3 Å². The van der Waals surface area contributed by atoms with Crippen molar-refractivity contribution < 1.29 is 22.7 Å². The fourth-order valence-corrected chi connectivity index (χ4v) is 4.17. The van der Waals surface area contributed by atoms with Crippen LogP contribution in [-0.4, -0.2) is 65.6 Å². The Morgan fingerprint density at radius 3 is 2.38 bits per heavy atom. The molecule has 0 aliphatic carbocycles. The van der Waals surface area contributed by atoms with Gasteiger partial charge in [0.15, 0.2) is 11.5 Å². The molecule has 2 aromatic carbocycles. The fraction of sp³-hybridized carbons (Fsp3) is 0.444. The molecule has 2 rings (SSSR count). The van der Waals surface area contributed by atoms with Crippen molar-refractivity contribution in [2.75, 3.05) is 55.3 Å². The molecule has 0 aliphatic heterocycles. The van der Waals surface area contributed by atoms with Crippen LogP contribution in [0.1, 0.15) is 33.3 Å². The number of hydrogen-bond acceptors (Lipinski definition) is 8.